The molecule has 0 unspecified atom stereocenters. The Labute approximate surface area is 208 Å². The van der Waals surface area contributed by atoms with Crippen LogP contribution in [0.5, 0.6) is 5.75 Å². The molecule has 170 valence electrons. The molecule has 0 fully saturated rings. The zero-order valence-corrected chi connectivity index (χ0v) is 20.9. The van der Waals surface area contributed by atoms with Gasteiger partial charge in [0.05, 0.1) is 32.1 Å². The van der Waals surface area contributed by atoms with Crippen molar-refractivity contribution in [2.45, 2.75) is 19.3 Å². The number of nitrogens with zero attached hydrogens (tertiary/aromatic N) is 1. The van der Waals surface area contributed by atoms with E-state index < -0.39 is 18.6 Å². The topological polar surface area (TPSA) is 55.7 Å². The number of rotatable bonds is 4. The molecule has 4 nitrogen and oxygen atoms in total. The van der Waals surface area contributed by atoms with Crippen molar-refractivity contribution in [3.63, 3.8) is 0 Å². The third-order valence-corrected chi connectivity index (χ3v) is 9.15. The Morgan fingerprint density at radius 1 is 0.882 bits per heavy atom. The van der Waals surface area contributed by atoms with Crippen molar-refractivity contribution < 1.29 is 13.9 Å². The Bertz CT molecular complexity index is 1410. The van der Waals surface area contributed by atoms with Crippen molar-refractivity contribution in [1.82, 2.24) is 0 Å². The first-order chi connectivity index (χ1) is 16.2. The summed E-state index contributed by atoms with van der Waals surface area (Å²) < 4.78 is 20.6. The first-order valence-corrected chi connectivity index (χ1v) is 13.1. The predicted octanol–water partition coefficient (Wildman–Crippen LogP) is 6.56. The molecular formula is C27H20Cl2NO3P. The number of hydrogen-bond donors (Lipinski definition) is 0. The monoisotopic (exact) mass is 507 g/mol. The van der Waals surface area contributed by atoms with Crippen molar-refractivity contribution in [1.29, 1.82) is 0 Å². The first kappa shape index (κ1) is 22.9. The van der Waals surface area contributed by atoms with E-state index in [0.29, 0.717) is 33.3 Å². The van der Waals surface area contributed by atoms with Gasteiger partial charge in [-0.05, 0) is 54.1 Å². The molecule has 3 aromatic rings. The molecule has 0 radical (unpaired) electrons. The number of Topliss-reactive ketones (excluding diaryl/α,β-unsaturated/α-hetero) is 1. The molecule has 0 aromatic heterocycles. The fourth-order valence-electron chi connectivity index (χ4n) is 4.36. The largest absolute Gasteiger partial charge is 0.437 e. The van der Waals surface area contributed by atoms with Gasteiger partial charge in [0.2, 0.25) is 5.78 Å². The summed E-state index contributed by atoms with van der Waals surface area (Å²) in [5, 5.41) is 1.30. The standard InChI is InChI=1S/C27H20Cl2NO3P/c1-27(2)20-15-17(13-14-22(20)30-23-16-21(28)26(31)25(29)24(23)27)33-34(32,18-9-5-3-6-10-18)19-11-7-4-8-12-19/h3-16H,1-2H3. The number of halogens is 2. The van der Waals surface area contributed by atoms with E-state index in [1.165, 1.54) is 0 Å². The highest BCUT2D eigenvalue weighted by Gasteiger charge is 2.41. The van der Waals surface area contributed by atoms with Gasteiger partial charge in [-0.3, -0.25) is 9.36 Å². The summed E-state index contributed by atoms with van der Waals surface area (Å²) in [6.45, 7) is 3.94. The number of hydrogen-bond acceptors (Lipinski definition) is 4. The molecule has 1 aliphatic heterocycles. The first-order valence-electron chi connectivity index (χ1n) is 10.7. The van der Waals surface area contributed by atoms with Crippen LogP contribution in [0.15, 0.2) is 106 Å². The predicted molar refractivity (Wildman–Crippen MR) is 139 cm³/mol. The molecule has 0 saturated carbocycles. The van der Waals surface area contributed by atoms with Crippen molar-refractivity contribution in [3.8, 4) is 5.75 Å². The lowest BCUT2D eigenvalue weighted by atomic mass is 9.71. The van der Waals surface area contributed by atoms with Gasteiger partial charge in [-0.2, -0.15) is 0 Å². The van der Waals surface area contributed by atoms with Crippen LogP contribution in [-0.4, -0.2) is 11.5 Å². The summed E-state index contributed by atoms with van der Waals surface area (Å²) in [6.07, 6.45) is 1.55. The number of carbonyl (C=O) groups is 1. The van der Waals surface area contributed by atoms with Gasteiger partial charge in [-0.25, -0.2) is 4.99 Å². The molecule has 0 spiro atoms. The molecule has 34 heavy (non-hydrogen) atoms. The maximum absolute atomic E-state index is 14.3. The van der Waals surface area contributed by atoms with Crippen LogP contribution in [0, 0.1) is 0 Å². The molecule has 1 heterocycles. The average Bonchev–Trinajstić information content (AvgIpc) is 2.84. The van der Waals surface area contributed by atoms with Crippen LogP contribution in [-0.2, 0) is 14.8 Å². The van der Waals surface area contributed by atoms with Gasteiger partial charge < -0.3 is 4.52 Å². The lowest BCUT2D eigenvalue weighted by Gasteiger charge is -2.36. The van der Waals surface area contributed by atoms with Crippen molar-refractivity contribution >= 4 is 58.4 Å². The molecule has 2 aliphatic rings. The Morgan fingerprint density at radius 3 is 2.06 bits per heavy atom. The van der Waals surface area contributed by atoms with E-state index in [2.05, 4.69) is 4.99 Å². The van der Waals surface area contributed by atoms with E-state index >= 15 is 0 Å². The fraction of sp³-hybridized carbons (Fsp3) is 0.111. The molecule has 0 bridgehead atoms. The van der Waals surface area contributed by atoms with Crippen LogP contribution >= 0.6 is 30.6 Å². The van der Waals surface area contributed by atoms with Gasteiger partial charge in [0.15, 0.2) is 0 Å². The van der Waals surface area contributed by atoms with Gasteiger partial charge in [-0.15, -0.1) is 0 Å². The Balaban J connectivity index is 1.64. The summed E-state index contributed by atoms with van der Waals surface area (Å²) in [6, 6.07) is 23.7. The minimum atomic E-state index is -3.44. The molecular weight excluding hydrogens is 488 g/mol. The number of aliphatic imine (C=N–C) groups is 1. The van der Waals surface area contributed by atoms with Crippen molar-refractivity contribution in [2.75, 3.05) is 0 Å². The summed E-state index contributed by atoms with van der Waals surface area (Å²) in [4.78, 5) is 17.1. The highest BCUT2D eigenvalue weighted by atomic mass is 35.5. The molecule has 3 aromatic carbocycles. The summed E-state index contributed by atoms with van der Waals surface area (Å²) in [5.41, 5.74) is 2.05. The molecule has 1 aliphatic carbocycles. The summed E-state index contributed by atoms with van der Waals surface area (Å²) in [7, 11) is -3.44. The van der Waals surface area contributed by atoms with Crippen molar-refractivity contribution in [3.05, 3.63) is 106 Å². The maximum atomic E-state index is 14.3. The molecule has 0 amide bonds. The highest BCUT2D eigenvalue weighted by Crippen LogP contribution is 2.50. The van der Waals surface area contributed by atoms with Crippen LogP contribution in [0.1, 0.15) is 19.4 Å². The summed E-state index contributed by atoms with van der Waals surface area (Å²) in [5.74, 6) is 0.0211. The Hall–Kier alpha value is -2.91. The van der Waals surface area contributed by atoms with Crippen LogP contribution in [0.3, 0.4) is 0 Å². The Morgan fingerprint density at radius 2 is 1.47 bits per heavy atom. The van der Waals surface area contributed by atoms with Crippen LogP contribution in [0.25, 0.3) is 0 Å². The van der Waals surface area contributed by atoms with Crippen LogP contribution in [0.4, 0.5) is 5.69 Å². The number of ketones is 1. The third kappa shape index (κ3) is 3.67. The molecule has 5 rings (SSSR count). The number of carbonyl (C=O) groups excluding carboxylic acids is 1. The minimum absolute atomic E-state index is 0.0402. The van der Waals surface area contributed by atoms with Gasteiger partial charge >= 0.3 is 7.37 Å². The quantitative estimate of drug-likeness (QED) is 0.297. The van der Waals surface area contributed by atoms with Crippen molar-refractivity contribution in [2.24, 2.45) is 4.99 Å². The van der Waals surface area contributed by atoms with E-state index in [-0.39, 0.29) is 10.1 Å². The number of benzene rings is 3. The van der Waals surface area contributed by atoms with Crippen LogP contribution in [0.2, 0.25) is 0 Å². The number of allylic oxidation sites excluding steroid dienone is 4. The minimum Gasteiger partial charge on any atom is -0.437 e. The second-order valence-electron chi connectivity index (χ2n) is 8.63. The van der Waals surface area contributed by atoms with Gasteiger partial charge in [0.1, 0.15) is 5.75 Å². The average molecular weight is 508 g/mol. The zero-order valence-electron chi connectivity index (χ0n) is 18.5. The van der Waals surface area contributed by atoms with Crippen LogP contribution < -0.4 is 15.1 Å². The van der Waals surface area contributed by atoms with E-state index in [1.54, 1.807) is 36.4 Å². The van der Waals surface area contributed by atoms with E-state index in [0.717, 1.165) is 5.56 Å². The molecule has 0 N–H and O–H groups in total. The van der Waals surface area contributed by atoms with Gasteiger partial charge in [-0.1, -0.05) is 73.4 Å². The molecule has 0 saturated heterocycles. The van der Waals surface area contributed by atoms with E-state index in [1.807, 2.05) is 62.4 Å². The fourth-order valence-corrected chi connectivity index (χ4v) is 7.09. The van der Waals surface area contributed by atoms with Gasteiger partial charge in [0.25, 0.3) is 0 Å². The zero-order chi connectivity index (χ0) is 24.1. The second kappa shape index (κ2) is 8.39. The SMILES string of the molecule is CC1(C)C2=C(Cl)C(=O)C(Cl)=CC2=Nc2ccc(OP(=O)(c3ccccc3)c3ccccc3)cc21. The summed E-state index contributed by atoms with van der Waals surface area (Å²) >= 11 is 12.5. The van der Waals surface area contributed by atoms with E-state index in [9.17, 15) is 9.36 Å². The number of fused-ring (bicyclic) bond motifs is 2. The maximum Gasteiger partial charge on any atom is 0.306 e. The third-order valence-electron chi connectivity index (χ3n) is 6.09. The molecule has 7 heteroatoms. The van der Waals surface area contributed by atoms with E-state index in [4.69, 9.17) is 27.7 Å². The molecule has 0 atom stereocenters. The lowest BCUT2D eigenvalue weighted by Crippen LogP contribution is -2.32. The second-order valence-corrected chi connectivity index (χ2v) is 11.7. The smallest absolute Gasteiger partial charge is 0.306 e. The normalized spacial score (nSPS) is 16.9. The Kier molecular flexibility index (Phi) is 5.64. The lowest BCUT2D eigenvalue weighted by molar-refractivity contribution is -0.111. The highest BCUT2D eigenvalue weighted by molar-refractivity contribution is 7.74. The van der Waals surface area contributed by atoms with Gasteiger partial charge in [0, 0.05) is 11.0 Å².